The Kier molecular flexibility index (Phi) is 4.34. The Bertz CT molecular complexity index is 846. The van der Waals surface area contributed by atoms with E-state index in [-0.39, 0.29) is 5.91 Å². The number of nitrogens with one attached hydrogen (secondary N) is 1. The third kappa shape index (κ3) is 3.64. The van der Waals surface area contributed by atoms with Crippen molar-refractivity contribution < 1.29 is 9.53 Å². The van der Waals surface area contributed by atoms with Crippen LogP contribution in [0.1, 0.15) is 10.4 Å². The molecule has 0 aliphatic carbocycles. The van der Waals surface area contributed by atoms with E-state index in [1.807, 2.05) is 30.3 Å². The monoisotopic (exact) mass is 319 g/mol. The van der Waals surface area contributed by atoms with Crippen LogP contribution in [0.3, 0.4) is 0 Å². The van der Waals surface area contributed by atoms with Crippen LogP contribution >= 0.6 is 0 Å². The Labute approximate surface area is 139 Å². The van der Waals surface area contributed by atoms with Crippen molar-refractivity contribution in [3.05, 3.63) is 78.4 Å². The Morgan fingerprint density at radius 2 is 1.50 bits per heavy atom. The van der Waals surface area contributed by atoms with Gasteiger partial charge in [-0.15, -0.1) is 0 Å². The second-order valence-electron chi connectivity index (χ2n) is 5.25. The highest BCUT2D eigenvalue weighted by molar-refractivity contribution is 6.06. The van der Waals surface area contributed by atoms with E-state index in [0.29, 0.717) is 34.1 Å². The van der Waals surface area contributed by atoms with Crippen molar-refractivity contribution in [2.45, 2.75) is 0 Å². The molecule has 120 valence electrons. The maximum absolute atomic E-state index is 12.5. The summed E-state index contributed by atoms with van der Waals surface area (Å²) in [6.45, 7) is 0. The maximum Gasteiger partial charge on any atom is 0.259 e. The van der Waals surface area contributed by atoms with Crippen LogP contribution in [-0.2, 0) is 0 Å². The molecule has 0 spiro atoms. The summed E-state index contributed by atoms with van der Waals surface area (Å²) in [4.78, 5) is 12.5. The maximum atomic E-state index is 12.5. The Morgan fingerprint density at radius 1 is 0.833 bits per heavy atom. The van der Waals surface area contributed by atoms with Crippen molar-refractivity contribution >= 4 is 23.0 Å². The van der Waals surface area contributed by atoms with Gasteiger partial charge in [-0.3, -0.25) is 4.79 Å². The molecule has 0 saturated carbocycles. The van der Waals surface area contributed by atoms with Crippen molar-refractivity contribution in [2.24, 2.45) is 0 Å². The standard InChI is InChI=1S/C19H17N3O2/c20-13-6-9-16(10-7-13)24-18-12-14(21)8-11-17(18)19(23)22-15-4-2-1-3-5-15/h1-12H,20-21H2,(H,22,23). The molecule has 0 heterocycles. The van der Waals surface area contributed by atoms with E-state index in [9.17, 15) is 4.79 Å². The topological polar surface area (TPSA) is 90.4 Å². The van der Waals surface area contributed by atoms with Crippen molar-refractivity contribution in [2.75, 3.05) is 16.8 Å². The van der Waals surface area contributed by atoms with Gasteiger partial charge in [0.1, 0.15) is 11.5 Å². The molecule has 3 aromatic rings. The first-order chi connectivity index (χ1) is 11.6. The summed E-state index contributed by atoms with van der Waals surface area (Å²) >= 11 is 0. The number of para-hydroxylation sites is 1. The lowest BCUT2D eigenvalue weighted by atomic mass is 10.1. The number of ether oxygens (including phenoxy) is 1. The summed E-state index contributed by atoms with van der Waals surface area (Å²) in [5, 5.41) is 2.83. The lowest BCUT2D eigenvalue weighted by Gasteiger charge is -2.12. The molecule has 3 rings (SSSR count). The number of amides is 1. The third-order valence-corrected chi connectivity index (χ3v) is 3.39. The highest BCUT2D eigenvalue weighted by atomic mass is 16.5. The second-order valence-corrected chi connectivity index (χ2v) is 5.25. The minimum atomic E-state index is -0.272. The van der Waals surface area contributed by atoms with Gasteiger partial charge in [-0.25, -0.2) is 0 Å². The van der Waals surface area contributed by atoms with Gasteiger partial charge in [-0.2, -0.15) is 0 Å². The molecule has 0 radical (unpaired) electrons. The molecule has 0 aliphatic rings. The van der Waals surface area contributed by atoms with Crippen LogP contribution in [0.4, 0.5) is 17.1 Å². The smallest absolute Gasteiger partial charge is 0.259 e. The van der Waals surface area contributed by atoms with E-state index in [1.165, 1.54) is 0 Å². The molecule has 0 aromatic heterocycles. The molecule has 3 aromatic carbocycles. The number of benzene rings is 3. The van der Waals surface area contributed by atoms with Gasteiger partial charge in [0.05, 0.1) is 5.56 Å². The van der Waals surface area contributed by atoms with Crippen molar-refractivity contribution in [3.8, 4) is 11.5 Å². The second kappa shape index (κ2) is 6.75. The minimum Gasteiger partial charge on any atom is -0.456 e. The van der Waals surface area contributed by atoms with E-state index < -0.39 is 0 Å². The SMILES string of the molecule is Nc1ccc(Oc2cc(N)ccc2C(=O)Nc2ccccc2)cc1. The Morgan fingerprint density at radius 3 is 2.21 bits per heavy atom. The number of hydrogen-bond donors (Lipinski definition) is 3. The van der Waals surface area contributed by atoms with Gasteiger partial charge in [-0.1, -0.05) is 18.2 Å². The average Bonchev–Trinajstić information content (AvgIpc) is 2.58. The molecule has 24 heavy (non-hydrogen) atoms. The molecule has 0 unspecified atom stereocenters. The highest BCUT2D eigenvalue weighted by Gasteiger charge is 2.14. The first-order valence-electron chi connectivity index (χ1n) is 7.41. The van der Waals surface area contributed by atoms with Gasteiger partial charge in [-0.05, 0) is 48.5 Å². The molecule has 0 fully saturated rings. The number of nitrogens with two attached hydrogens (primary N) is 2. The average molecular weight is 319 g/mol. The first kappa shape index (κ1) is 15.4. The van der Waals surface area contributed by atoms with E-state index in [0.717, 1.165) is 0 Å². The molecular weight excluding hydrogens is 302 g/mol. The number of carbonyl (C=O) groups excluding carboxylic acids is 1. The number of anilines is 3. The van der Waals surface area contributed by atoms with E-state index >= 15 is 0 Å². The summed E-state index contributed by atoms with van der Waals surface area (Å²) in [6.07, 6.45) is 0. The van der Waals surface area contributed by atoms with E-state index in [2.05, 4.69) is 5.32 Å². The van der Waals surface area contributed by atoms with Gasteiger partial charge in [0.2, 0.25) is 0 Å². The summed E-state index contributed by atoms with van der Waals surface area (Å²) in [6, 6.07) is 21.1. The zero-order valence-electron chi connectivity index (χ0n) is 12.9. The van der Waals surface area contributed by atoms with Crippen LogP contribution in [0.15, 0.2) is 72.8 Å². The van der Waals surface area contributed by atoms with Crippen molar-refractivity contribution in [3.63, 3.8) is 0 Å². The van der Waals surface area contributed by atoms with Crippen LogP contribution < -0.4 is 21.5 Å². The fraction of sp³-hybridized carbons (Fsp3) is 0. The molecule has 0 atom stereocenters. The normalized spacial score (nSPS) is 10.2. The Balaban J connectivity index is 1.87. The lowest BCUT2D eigenvalue weighted by Crippen LogP contribution is -2.13. The van der Waals surface area contributed by atoms with Gasteiger partial charge < -0.3 is 21.5 Å². The van der Waals surface area contributed by atoms with Crippen LogP contribution in [0, 0.1) is 0 Å². The van der Waals surface area contributed by atoms with E-state index in [1.54, 1.807) is 42.5 Å². The molecule has 0 saturated heterocycles. The number of hydrogen-bond acceptors (Lipinski definition) is 4. The molecule has 5 heteroatoms. The largest absolute Gasteiger partial charge is 0.456 e. The minimum absolute atomic E-state index is 0.272. The van der Waals surface area contributed by atoms with Crippen LogP contribution in [0.5, 0.6) is 11.5 Å². The van der Waals surface area contributed by atoms with Crippen LogP contribution in [-0.4, -0.2) is 5.91 Å². The third-order valence-electron chi connectivity index (χ3n) is 3.39. The fourth-order valence-corrected chi connectivity index (χ4v) is 2.19. The molecular formula is C19H17N3O2. The number of nitrogen functional groups attached to an aromatic ring is 2. The fourth-order valence-electron chi connectivity index (χ4n) is 2.19. The van der Waals surface area contributed by atoms with Crippen LogP contribution in [0.2, 0.25) is 0 Å². The predicted molar refractivity (Wildman–Crippen MR) is 96.2 cm³/mol. The van der Waals surface area contributed by atoms with Crippen LogP contribution in [0.25, 0.3) is 0 Å². The van der Waals surface area contributed by atoms with Gasteiger partial charge in [0, 0.05) is 23.1 Å². The van der Waals surface area contributed by atoms with E-state index in [4.69, 9.17) is 16.2 Å². The van der Waals surface area contributed by atoms with Gasteiger partial charge >= 0.3 is 0 Å². The molecule has 0 aliphatic heterocycles. The summed E-state index contributed by atoms with van der Waals surface area (Å²) in [5.74, 6) is 0.684. The molecule has 5 nitrogen and oxygen atoms in total. The summed E-state index contributed by atoms with van der Waals surface area (Å²) < 4.78 is 5.81. The van der Waals surface area contributed by atoms with Crippen molar-refractivity contribution in [1.82, 2.24) is 0 Å². The van der Waals surface area contributed by atoms with Crippen molar-refractivity contribution in [1.29, 1.82) is 0 Å². The Hall–Kier alpha value is -3.47. The predicted octanol–water partition coefficient (Wildman–Crippen LogP) is 3.90. The van der Waals surface area contributed by atoms with Gasteiger partial charge in [0.15, 0.2) is 0 Å². The summed E-state index contributed by atoms with van der Waals surface area (Å²) in [5.41, 5.74) is 13.7. The lowest BCUT2D eigenvalue weighted by molar-refractivity contribution is 0.102. The van der Waals surface area contributed by atoms with Gasteiger partial charge in [0.25, 0.3) is 5.91 Å². The zero-order valence-corrected chi connectivity index (χ0v) is 12.9. The highest BCUT2D eigenvalue weighted by Crippen LogP contribution is 2.28. The zero-order chi connectivity index (χ0) is 16.9. The molecule has 5 N–H and O–H groups in total. The number of rotatable bonds is 4. The first-order valence-corrected chi connectivity index (χ1v) is 7.41. The molecule has 1 amide bonds. The summed E-state index contributed by atoms with van der Waals surface area (Å²) in [7, 11) is 0. The molecule has 0 bridgehead atoms. The number of carbonyl (C=O) groups is 1. The quantitative estimate of drug-likeness (QED) is 0.636.